The maximum atomic E-state index is 12.8. The van der Waals surface area contributed by atoms with Crippen LogP contribution in [0.2, 0.25) is 5.02 Å². The number of nitriles is 1. The Bertz CT molecular complexity index is 1470. The van der Waals surface area contributed by atoms with E-state index >= 15 is 0 Å². The van der Waals surface area contributed by atoms with E-state index in [-0.39, 0.29) is 18.2 Å². The molecule has 0 aliphatic rings. The average Bonchev–Trinajstić information content (AvgIpc) is 3.33. The number of carbonyl (C=O) groups is 1. The van der Waals surface area contributed by atoms with E-state index in [1.165, 1.54) is 21.6 Å². The van der Waals surface area contributed by atoms with Gasteiger partial charge in [-0.2, -0.15) is 5.26 Å². The fourth-order valence-corrected chi connectivity index (χ4v) is 3.64. The van der Waals surface area contributed by atoms with E-state index < -0.39 is 6.04 Å². The van der Waals surface area contributed by atoms with Crippen LogP contribution in [0.15, 0.2) is 65.6 Å². The van der Waals surface area contributed by atoms with E-state index in [4.69, 9.17) is 16.3 Å². The van der Waals surface area contributed by atoms with Crippen molar-refractivity contribution in [3.63, 3.8) is 0 Å². The number of pyridine rings is 1. The SMILES string of the molecule is COC[n+]1nc(-c2ccc(NC(=O)C(C)n3ccc(-c4cc(Cl)ccc4C#N)cc3=O)cc2)n[nH]1. The molecule has 2 aromatic heterocycles. The maximum absolute atomic E-state index is 12.8. The third kappa shape index (κ3) is 5.27. The van der Waals surface area contributed by atoms with Gasteiger partial charge in [0.15, 0.2) is 0 Å². The van der Waals surface area contributed by atoms with Crippen molar-refractivity contribution >= 4 is 23.2 Å². The summed E-state index contributed by atoms with van der Waals surface area (Å²) in [6, 6.07) is 16.3. The summed E-state index contributed by atoms with van der Waals surface area (Å²) in [5.74, 6) is 0.128. The summed E-state index contributed by atoms with van der Waals surface area (Å²) in [4.78, 5) is 27.1. The number of tetrazole rings is 1. The van der Waals surface area contributed by atoms with Crippen LogP contribution in [0.4, 0.5) is 5.69 Å². The zero-order valence-corrected chi connectivity index (χ0v) is 19.7. The predicted octanol–water partition coefficient (Wildman–Crippen LogP) is 2.92. The molecule has 176 valence electrons. The average molecular weight is 491 g/mol. The lowest BCUT2D eigenvalue weighted by Gasteiger charge is -2.16. The summed E-state index contributed by atoms with van der Waals surface area (Å²) >= 11 is 6.06. The monoisotopic (exact) mass is 490 g/mol. The van der Waals surface area contributed by atoms with Crippen LogP contribution in [-0.4, -0.2) is 33.0 Å². The zero-order chi connectivity index (χ0) is 24.9. The molecule has 1 unspecified atom stereocenters. The van der Waals surface area contributed by atoms with Crippen LogP contribution in [0.3, 0.4) is 0 Å². The largest absolute Gasteiger partial charge is 0.342 e. The number of aromatic nitrogens is 5. The van der Waals surface area contributed by atoms with Crippen LogP contribution in [0.25, 0.3) is 22.5 Å². The Labute approximate surface area is 205 Å². The fraction of sp³-hybridized carbons (Fsp3) is 0.167. The zero-order valence-electron chi connectivity index (χ0n) is 18.9. The minimum absolute atomic E-state index is 0.248. The number of H-pyrrole nitrogens is 1. The Morgan fingerprint density at radius 3 is 2.69 bits per heavy atom. The highest BCUT2D eigenvalue weighted by Gasteiger charge is 2.18. The first-order chi connectivity index (χ1) is 16.9. The van der Waals surface area contributed by atoms with E-state index in [1.54, 1.807) is 62.6 Å². The maximum Gasteiger partial charge on any atom is 0.338 e. The van der Waals surface area contributed by atoms with E-state index in [0.717, 1.165) is 5.56 Å². The lowest BCUT2D eigenvalue weighted by Crippen LogP contribution is -2.39. The molecule has 0 fully saturated rings. The van der Waals surface area contributed by atoms with Crippen LogP contribution in [0, 0.1) is 11.3 Å². The van der Waals surface area contributed by atoms with Gasteiger partial charge in [0, 0.05) is 35.6 Å². The lowest BCUT2D eigenvalue weighted by molar-refractivity contribution is -0.831. The number of aromatic amines is 1. The molecular formula is C24H21ClN7O3+. The van der Waals surface area contributed by atoms with Gasteiger partial charge in [-0.3, -0.25) is 9.59 Å². The first-order valence-corrected chi connectivity index (χ1v) is 10.9. The van der Waals surface area contributed by atoms with Crippen molar-refractivity contribution in [3.05, 3.63) is 81.7 Å². The van der Waals surface area contributed by atoms with Gasteiger partial charge in [0.2, 0.25) is 12.6 Å². The van der Waals surface area contributed by atoms with E-state index in [2.05, 4.69) is 26.8 Å². The number of carbonyl (C=O) groups excluding carboxylic acids is 1. The Morgan fingerprint density at radius 2 is 2.00 bits per heavy atom. The van der Waals surface area contributed by atoms with Crippen molar-refractivity contribution in [1.29, 1.82) is 5.26 Å². The number of ether oxygens (including phenoxy) is 1. The summed E-state index contributed by atoms with van der Waals surface area (Å²) in [5, 5.41) is 23.7. The summed E-state index contributed by atoms with van der Waals surface area (Å²) in [5.41, 5.74) is 2.45. The molecule has 2 aromatic carbocycles. The molecular weight excluding hydrogens is 470 g/mol. The molecule has 2 heterocycles. The molecule has 10 nitrogen and oxygen atoms in total. The normalized spacial score (nSPS) is 11.6. The Morgan fingerprint density at radius 1 is 1.23 bits per heavy atom. The quantitative estimate of drug-likeness (QED) is 0.383. The van der Waals surface area contributed by atoms with Crippen LogP contribution in [-0.2, 0) is 16.3 Å². The fourth-order valence-electron chi connectivity index (χ4n) is 3.47. The minimum atomic E-state index is -0.771. The molecule has 1 amide bonds. The Balaban J connectivity index is 1.48. The van der Waals surface area contributed by atoms with E-state index in [1.807, 2.05) is 0 Å². The standard InChI is InChI=1S/C24H20ClN7O3/c1-15(31-10-9-17(11-22(31)33)21-12-19(25)6-3-18(21)13-26)24(34)27-20-7-4-16(5-8-20)23-28-30-32(29-23)14-35-2/h3-12,15H,14H2,1-2H3,(H,27,29,34)/p+1. The number of anilines is 1. The van der Waals surface area contributed by atoms with Gasteiger partial charge in [-0.15, -0.1) is 0 Å². The van der Waals surface area contributed by atoms with Gasteiger partial charge < -0.3 is 14.6 Å². The van der Waals surface area contributed by atoms with Crippen LogP contribution in [0.1, 0.15) is 18.5 Å². The second-order valence-electron chi connectivity index (χ2n) is 7.66. The molecule has 4 aromatic rings. The predicted molar refractivity (Wildman–Crippen MR) is 128 cm³/mol. The van der Waals surface area contributed by atoms with Gasteiger partial charge in [0.05, 0.1) is 22.3 Å². The Kier molecular flexibility index (Phi) is 7.01. The lowest BCUT2D eigenvalue weighted by atomic mass is 10.0. The number of amides is 1. The third-order valence-corrected chi connectivity index (χ3v) is 5.54. The second-order valence-corrected chi connectivity index (χ2v) is 8.09. The molecule has 0 aliphatic carbocycles. The molecule has 0 saturated heterocycles. The molecule has 11 heteroatoms. The number of hydrogen-bond acceptors (Lipinski definition) is 6. The molecule has 0 aliphatic heterocycles. The van der Waals surface area contributed by atoms with Gasteiger partial charge in [0.25, 0.3) is 5.56 Å². The number of halogens is 1. The molecule has 2 N–H and O–H groups in total. The minimum Gasteiger partial charge on any atom is -0.342 e. The van der Waals surface area contributed by atoms with Crippen molar-refractivity contribution in [2.24, 2.45) is 0 Å². The molecule has 35 heavy (non-hydrogen) atoms. The van der Waals surface area contributed by atoms with Crippen molar-refractivity contribution in [2.75, 3.05) is 12.4 Å². The second kappa shape index (κ2) is 10.3. The van der Waals surface area contributed by atoms with Crippen LogP contribution >= 0.6 is 11.6 Å². The smallest absolute Gasteiger partial charge is 0.338 e. The van der Waals surface area contributed by atoms with Gasteiger partial charge >= 0.3 is 5.82 Å². The summed E-state index contributed by atoms with van der Waals surface area (Å²) < 4.78 is 6.32. The summed E-state index contributed by atoms with van der Waals surface area (Å²) in [6.45, 7) is 1.88. The highest BCUT2D eigenvalue weighted by Crippen LogP contribution is 2.26. The number of nitrogens with one attached hydrogen (secondary N) is 2. The third-order valence-electron chi connectivity index (χ3n) is 5.31. The number of benzene rings is 2. The van der Waals surface area contributed by atoms with Crippen LogP contribution < -0.4 is 15.7 Å². The van der Waals surface area contributed by atoms with Crippen LogP contribution in [0.5, 0.6) is 0 Å². The van der Waals surface area contributed by atoms with E-state index in [0.29, 0.717) is 33.2 Å². The number of rotatable bonds is 7. The first-order valence-electron chi connectivity index (χ1n) is 10.5. The molecule has 0 saturated carbocycles. The van der Waals surface area contributed by atoms with Crippen molar-refractivity contribution in [1.82, 2.24) is 20.0 Å². The van der Waals surface area contributed by atoms with Crippen molar-refractivity contribution < 1.29 is 14.3 Å². The molecule has 0 radical (unpaired) electrons. The summed E-state index contributed by atoms with van der Waals surface area (Å²) in [6.07, 6.45) is 1.53. The first kappa shape index (κ1) is 23.8. The molecule has 4 rings (SSSR count). The molecule has 0 bridgehead atoms. The van der Waals surface area contributed by atoms with Gasteiger partial charge in [-0.05, 0) is 76.1 Å². The van der Waals surface area contributed by atoms with Gasteiger partial charge in [-0.1, -0.05) is 11.6 Å². The number of hydrogen-bond donors (Lipinski definition) is 2. The molecule has 1 atom stereocenters. The Hall–Kier alpha value is -4.33. The highest BCUT2D eigenvalue weighted by molar-refractivity contribution is 6.30. The summed E-state index contributed by atoms with van der Waals surface area (Å²) in [7, 11) is 1.56. The molecule has 0 spiro atoms. The highest BCUT2D eigenvalue weighted by atomic mass is 35.5. The van der Waals surface area contributed by atoms with Gasteiger partial charge in [0.1, 0.15) is 6.04 Å². The number of nitrogens with zero attached hydrogens (tertiary/aromatic N) is 5. The van der Waals surface area contributed by atoms with Crippen molar-refractivity contribution in [3.8, 4) is 28.6 Å². The topological polar surface area (TPSA) is 130 Å². The number of methoxy groups -OCH3 is 1. The van der Waals surface area contributed by atoms with Gasteiger partial charge in [-0.25, -0.2) is 0 Å². The van der Waals surface area contributed by atoms with Crippen molar-refractivity contribution in [2.45, 2.75) is 19.7 Å². The van der Waals surface area contributed by atoms with E-state index in [9.17, 15) is 14.9 Å².